The van der Waals surface area contributed by atoms with Crippen LogP contribution < -0.4 is 5.32 Å². The molecule has 0 bridgehead atoms. The lowest BCUT2D eigenvalue weighted by Crippen LogP contribution is -2.52. The van der Waals surface area contributed by atoms with Crippen LogP contribution in [0.3, 0.4) is 0 Å². The number of hydrogen-bond donors (Lipinski definition) is 2. The second-order valence-electron chi connectivity index (χ2n) is 6.25. The highest BCUT2D eigenvalue weighted by molar-refractivity contribution is 7.81. The molecule has 1 aliphatic rings. The number of hydrogen-bond acceptors (Lipinski definition) is 3. The number of nitrogens with zero attached hydrogens (tertiary/aromatic N) is 1. The lowest BCUT2D eigenvalue weighted by atomic mass is 9.96. The second-order valence-corrected chi connectivity index (χ2v) is 6.87. The van der Waals surface area contributed by atoms with Crippen LogP contribution in [0.2, 0.25) is 0 Å². The minimum Gasteiger partial charge on any atom is -0.353 e. The van der Waals surface area contributed by atoms with E-state index < -0.39 is 0 Å². The predicted molar refractivity (Wildman–Crippen MR) is 90.8 cm³/mol. The Morgan fingerprint density at radius 2 is 1.90 bits per heavy atom. The third kappa shape index (κ3) is 4.24. The van der Waals surface area contributed by atoms with Crippen molar-refractivity contribution in [1.29, 1.82) is 0 Å². The molecular weight excluding hydrogens is 280 g/mol. The minimum absolute atomic E-state index is 0.0373. The standard InChI is InChI=1S/C17H26N2OS/c1-19(2)17(10-6-7-11-17)13-18-16(20)15(21)12-14-8-4-3-5-9-14/h3-5,8-9,15,21H,6-7,10-13H2,1-2H3,(H,18,20). The Kier molecular flexibility index (Phi) is 5.71. The van der Waals surface area contributed by atoms with Gasteiger partial charge in [-0.3, -0.25) is 4.79 Å². The molecule has 1 N–H and O–H groups in total. The topological polar surface area (TPSA) is 32.3 Å². The highest BCUT2D eigenvalue weighted by atomic mass is 32.1. The number of thiol groups is 1. The molecule has 1 aliphatic carbocycles. The lowest BCUT2D eigenvalue weighted by molar-refractivity contribution is -0.121. The number of carbonyl (C=O) groups excluding carboxylic acids is 1. The Hall–Kier alpha value is -1.00. The summed E-state index contributed by atoms with van der Waals surface area (Å²) in [7, 11) is 4.22. The van der Waals surface area contributed by atoms with Gasteiger partial charge in [-0.1, -0.05) is 43.2 Å². The predicted octanol–water partition coefficient (Wildman–Crippen LogP) is 2.52. The summed E-state index contributed by atoms with van der Waals surface area (Å²) in [4.78, 5) is 14.5. The summed E-state index contributed by atoms with van der Waals surface area (Å²) in [6.07, 6.45) is 5.50. The molecule has 0 radical (unpaired) electrons. The zero-order valence-electron chi connectivity index (χ0n) is 13.0. The molecule has 0 aliphatic heterocycles. The SMILES string of the molecule is CN(C)C1(CNC(=O)C(S)Cc2ccccc2)CCCC1. The summed E-state index contributed by atoms with van der Waals surface area (Å²) >= 11 is 4.47. The van der Waals surface area contributed by atoms with Crippen LogP contribution in [0.1, 0.15) is 31.2 Å². The zero-order valence-corrected chi connectivity index (χ0v) is 13.9. The van der Waals surface area contributed by atoms with Crippen molar-refractivity contribution in [3.63, 3.8) is 0 Å². The number of rotatable bonds is 6. The smallest absolute Gasteiger partial charge is 0.233 e. The average molecular weight is 306 g/mol. The minimum atomic E-state index is -0.284. The normalized spacial score (nSPS) is 18.7. The second kappa shape index (κ2) is 7.32. The third-order valence-corrected chi connectivity index (χ3v) is 5.07. The summed E-state index contributed by atoms with van der Waals surface area (Å²) in [6.45, 7) is 0.727. The molecule has 0 aromatic heterocycles. The van der Waals surface area contributed by atoms with E-state index in [2.05, 4.69) is 36.9 Å². The van der Waals surface area contributed by atoms with Gasteiger partial charge in [-0.25, -0.2) is 0 Å². The Labute approximate surface area is 133 Å². The summed E-state index contributed by atoms with van der Waals surface area (Å²) in [5.74, 6) is 0.0373. The fourth-order valence-corrected chi connectivity index (χ4v) is 3.42. The van der Waals surface area contributed by atoms with Crippen molar-refractivity contribution in [3.05, 3.63) is 35.9 Å². The van der Waals surface area contributed by atoms with Crippen molar-refractivity contribution >= 4 is 18.5 Å². The van der Waals surface area contributed by atoms with Crippen LogP contribution in [0.4, 0.5) is 0 Å². The molecule has 2 rings (SSSR count). The lowest BCUT2D eigenvalue weighted by Gasteiger charge is -2.36. The van der Waals surface area contributed by atoms with Crippen LogP contribution in [-0.4, -0.2) is 42.2 Å². The van der Waals surface area contributed by atoms with Gasteiger partial charge in [0.2, 0.25) is 5.91 Å². The molecule has 3 nitrogen and oxygen atoms in total. The van der Waals surface area contributed by atoms with Gasteiger partial charge < -0.3 is 10.2 Å². The van der Waals surface area contributed by atoms with E-state index in [9.17, 15) is 4.79 Å². The van der Waals surface area contributed by atoms with Gasteiger partial charge in [0, 0.05) is 12.1 Å². The first kappa shape index (κ1) is 16.4. The molecule has 1 aromatic carbocycles. The van der Waals surface area contributed by atoms with Gasteiger partial charge in [0.25, 0.3) is 0 Å². The number of likely N-dealkylation sites (N-methyl/N-ethyl adjacent to an activating group) is 1. The van der Waals surface area contributed by atoms with E-state index in [1.54, 1.807) is 0 Å². The molecule has 0 saturated heterocycles. The first-order valence-electron chi connectivity index (χ1n) is 7.71. The number of carbonyl (C=O) groups is 1. The van der Waals surface area contributed by atoms with Crippen molar-refractivity contribution in [2.45, 2.75) is 42.9 Å². The fraction of sp³-hybridized carbons (Fsp3) is 0.588. The van der Waals surface area contributed by atoms with Crippen molar-refractivity contribution in [2.75, 3.05) is 20.6 Å². The number of benzene rings is 1. The van der Waals surface area contributed by atoms with E-state index in [4.69, 9.17) is 0 Å². The van der Waals surface area contributed by atoms with Crippen LogP contribution in [0.15, 0.2) is 30.3 Å². The first-order chi connectivity index (χ1) is 10.0. The summed E-state index contributed by atoms with van der Waals surface area (Å²) in [6, 6.07) is 10.0. The number of nitrogens with one attached hydrogen (secondary N) is 1. The largest absolute Gasteiger partial charge is 0.353 e. The molecule has 21 heavy (non-hydrogen) atoms. The van der Waals surface area contributed by atoms with E-state index in [1.165, 1.54) is 12.8 Å². The van der Waals surface area contributed by atoms with Crippen LogP contribution >= 0.6 is 12.6 Å². The Bertz CT molecular complexity index is 455. The number of amides is 1. The van der Waals surface area contributed by atoms with Crippen LogP contribution in [-0.2, 0) is 11.2 Å². The summed E-state index contributed by atoms with van der Waals surface area (Å²) < 4.78 is 0. The van der Waals surface area contributed by atoms with Gasteiger partial charge >= 0.3 is 0 Å². The van der Waals surface area contributed by atoms with Crippen molar-refractivity contribution in [2.24, 2.45) is 0 Å². The first-order valence-corrected chi connectivity index (χ1v) is 8.22. The maximum atomic E-state index is 12.3. The van der Waals surface area contributed by atoms with E-state index in [-0.39, 0.29) is 16.7 Å². The van der Waals surface area contributed by atoms with Crippen molar-refractivity contribution in [1.82, 2.24) is 10.2 Å². The molecule has 0 spiro atoms. The molecule has 1 unspecified atom stereocenters. The van der Waals surface area contributed by atoms with Crippen molar-refractivity contribution < 1.29 is 4.79 Å². The molecule has 4 heteroatoms. The molecule has 1 saturated carbocycles. The Morgan fingerprint density at radius 1 is 1.29 bits per heavy atom. The van der Waals surface area contributed by atoms with E-state index >= 15 is 0 Å². The van der Waals surface area contributed by atoms with Crippen LogP contribution in [0, 0.1) is 0 Å². The third-order valence-electron chi connectivity index (χ3n) is 4.65. The van der Waals surface area contributed by atoms with Crippen LogP contribution in [0.25, 0.3) is 0 Å². The molecule has 1 aromatic rings. The molecule has 116 valence electrons. The maximum absolute atomic E-state index is 12.3. The Balaban J connectivity index is 1.86. The fourth-order valence-electron chi connectivity index (χ4n) is 3.11. The summed E-state index contributed by atoms with van der Waals surface area (Å²) in [5, 5.41) is 2.83. The van der Waals surface area contributed by atoms with Gasteiger partial charge in [0.05, 0.1) is 5.25 Å². The Morgan fingerprint density at radius 3 is 2.48 bits per heavy atom. The molecule has 0 heterocycles. The zero-order chi connectivity index (χ0) is 15.3. The highest BCUT2D eigenvalue weighted by Crippen LogP contribution is 2.33. The van der Waals surface area contributed by atoms with Crippen LogP contribution in [0.5, 0.6) is 0 Å². The molecule has 1 fully saturated rings. The quantitative estimate of drug-likeness (QED) is 0.792. The van der Waals surface area contributed by atoms with Gasteiger partial charge in [0.1, 0.15) is 0 Å². The monoisotopic (exact) mass is 306 g/mol. The molecule has 1 amide bonds. The molecule has 1 atom stereocenters. The summed E-state index contributed by atoms with van der Waals surface area (Å²) in [5.41, 5.74) is 1.28. The maximum Gasteiger partial charge on any atom is 0.233 e. The highest BCUT2D eigenvalue weighted by Gasteiger charge is 2.36. The van der Waals surface area contributed by atoms with E-state index in [1.807, 2.05) is 30.3 Å². The van der Waals surface area contributed by atoms with E-state index in [0.29, 0.717) is 6.42 Å². The molecular formula is C17H26N2OS. The van der Waals surface area contributed by atoms with Gasteiger partial charge in [-0.05, 0) is 38.9 Å². The van der Waals surface area contributed by atoms with E-state index in [0.717, 1.165) is 24.9 Å². The van der Waals surface area contributed by atoms with Gasteiger partial charge in [-0.15, -0.1) is 0 Å². The van der Waals surface area contributed by atoms with Gasteiger partial charge in [0.15, 0.2) is 0 Å². The average Bonchev–Trinajstić information content (AvgIpc) is 2.96. The van der Waals surface area contributed by atoms with Gasteiger partial charge in [-0.2, -0.15) is 12.6 Å². The van der Waals surface area contributed by atoms with Crippen molar-refractivity contribution in [3.8, 4) is 0 Å².